The average molecular weight is 488 g/mol. The molecule has 0 fully saturated rings. The van der Waals surface area contributed by atoms with Gasteiger partial charge < -0.3 is 10.4 Å². The molecule has 0 saturated heterocycles. The van der Waals surface area contributed by atoms with Gasteiger partial charge in [-0.25, -0.2) is 4.79 Å². The Morgan fingerprint density at radius 3 is 2.21 bits per heavy atom. The van der Waals surface area contributed by atoms with Crippen molar-refractivity contribution in [3.05, 3.63) is 88.8 Å². The summed E-state index contributed by atoms with van der Waals surface area (Å²) in [6.07, 6.45) is 2.63. The minimum atomic E-state index is -1.08. The molecule has 3 rings (SSSR count). The highest BCUT2D eigenvalue weighted by Gasteiger charge is 2.21. The third-order valence-corrected chi connectivity index (χ3v) is 5.11. The van der Waals surface area contributed by atoms with Gasteiger partial charge >= 0.3 is 5.97 Å². The summed E-state index contributed by atoms with van der Waals surface area (Å²) < 4.78 is 0. The predicted octanol–water partition coefficient (Wildman–Crippen LogP) is 8.58. The third kappa shape index (κ3) is 10.5. The summed E-state index contributed by atoms with van der Waals surface area (Å²) in [6, 6.07) is 16.7. The number of benzene rings is 2. The van der Waals surface area contributed by atoms with Crippen LogP contribution in [-0.2, 0) is 11.2 Å². The van der Waals surface area contributed by atoms with Gasteiger partial charge in [0.25, 0.3) is 0 Å². The van der Waals surface area contributed by atoms with Crippen LogP contribution in [0.25, 0.3) is 10.4 Å². The fourth-order valence-electron chi connectivity index (χ4n) is 2.62. The van der Waals surface area contributed by atoms with E-state index in [2.05, 4.69) is 11.9 Å². The first-order chi connectivity index (χ1) is 16.0. The molecule has 3 aromatic rings. The Labute approximate surface area is 206 Å². The van der Waals surface area contributed by atoms with E-state index in [0.717, 1.165) is 5.56 Å². The van der Waals surface area contributed by atoms with Crippen LogP contribution < -0.4 is 5.32 Å². The Morgan fingerprint density at radius 1 is 1.06 bits per heavy atom. The number of amides is 1. The van der Waals surface area contributed by atoms with Gasteiger partial charge in [0.15, 0.2) is 0 Å². The van der Waals surface area contributed by atoms with Crippen molar-refractivity contribution >= 4 is 40.5 Å². The van der Waals surface area contributed by atoms with Gasteiger partial charge in [-0.05, 0) is 36.6 Å². The van der Waals surface area contributed by atoms with Crippen LogP contribution in [-0.4, -0.2) is 17.0 Å². The molecule has 0 radical (unpaired) electrons. The summed E-state index contributed by atoms with van der Waals surface area (Å²) in [6.45, 7) is 13.2. The normalized spacial score (nSPS) is 9.03. The molecular formula is C27H34ClNO3S. The first-order valence-corrected chi connectivity index (χ1v) is 12.2. The summed E-state index contributed by atoms with van der Waals surface area (Å²) in [5, 5.41) is 14.5. The third-order valence-electron chi connectivity index (χ3n) is 3.85. The molecule has 33 heavy (non-hydrogen) atoms. The van der Waals surface area contributed by atoms with E-state index in [1.54, 1.807) is 35.7 Å². The Morgan fingerprint density at radius 2 is 1.67 bits per heavy atom. The molecule has 0 bridgehead atoms. The van der Waals surface area contributed by atoms with Gasteiger partial charge in [-0.3, -0.25) is 4.79 Å². The number of halogens is 1. The molecule has 0 unspecified atom stereocenters. The highest BCUT2D eigenvalue weighted by Crippen LogP contribution is 2.37. The van der Waals surface area contributed by atoms with Gasteiger partial charge in [-0.1, -0.05) is 87.8 Å². The number of aryl methyl sites for hydroxylation is 1. The average Bonchev–Trinajstić information content (AvgIpc) is 3.25. The van der Waals surface area contributed by atoms with Gasteiger partial charge in [0.1, 0.15) is 5.56 Å². The van der Waals surface area contributed by atoms with Gasteiger partial charge in [-0.15, -0.1) is 17.9 Å². The molecule has 178 valence electrons. The Hall–Kier alpha value is -2.89. The van der Waals surface area contributed by atoms with Crippen LogP contribution in [0.3, 0.4) is 0 Å². The zero-order valence-corrected chi connectivity index (χ0v) is 21.6. The lowest BCUT2D eigenvalue weighted by molar-refractivity contribution is -0.116. The largest absolute Gasteiger partial charge is 0.478 e. The second-order valence-electron chi connectivity index (χ2n) is 6.11. The summed E-state index contributed by atoms with van der Waals surface area (Å²) in [7, 11) is 0. The van der Waals surface area contributed by atoms with E-state index in [4.69, 9.17) is 11.6 Å². The number of hydrogen-bond donors (Lipinski definition) is 2. The van der Waals surface area contributed by atoms with Crippen molar-refractivity contribution < 1.29 is 14.7 Å². The van der Waals surface area contributed by atoms with Crippen molar-refractivity contribution in [1.29, 1.82) is 0 Å². The summed E-state index contributed by atoms with van der Waals surface area (Å²) in [4.78, 5) is 24.6. The van der Waals surface area contributed by atoms with Crippen LogP contribution in [0, 0.1) is 0 Å². The van der Waals surface area contributed by atoms with Crippen LogP contribution in [0.4, 0.5) is 5.69 Å². The lowest BCUT2D eigenvalue weighted by atomic mass is 10.1. The van der Waals surface area contributed by atoms with Gasteiger partial charge in [0, 0.05) is 16.8 Å². The number of anilines is 1. The van der Waals surface area contributed by atoms with Crippen LogP contribution in [0.15, 0.2) is 72.6 Å². The van der Waals surface area contributed by atoms with Crippen molar-refractivity contribution in [2.75, 3.05) is 5.32 Å². The number of carboxylic acid groups (broad SMARTS) is 1. The number of allylic oxidation sites excluding steroid dienone is 1. The summed E-state index contributed by atoms with van der Waals surface area (Å²) in [5.74, 6) is -1.30. The molecule has 4 nitrogen and oxygen atoms in total. The molecule has 6 heteroatoms. The molecule has 0 aliphatic rings. The Balaban J connectivity index is 0.00000132. The van der Waals surface area contributed by atoms with E-state index >= 15 is 0 Å². The molecule has 2 aromatic carbocycles. The molecule has 0 spiro atoms. The maximum absolute atomic E-state index is 12.2. The molecule has 1 heterocycles. The van der Waals surface area contributed by atoms with Gasteiger partial charge in [-0.2, -0.15) is 0 Å². The molecular weight excluding hydrogens is 454 g/mol. The fourth-order valence-corrected chi connectivity index (χ4v) is 3.80. The van der Waals surface area contributed by atoms with Crippen molar-refractivity contribution in [2.24, 2.45) is 0 Å². The highest BCUT2D eigenvalue weighted by molar-refractivity contribution is 7.14. The van der Waals surface area contributed by atoms with E-state index < -0.39 is 5.97 Å². The standard InChI is InChI=1S/C20H16ClNO3S.C3H6.2C2H6/c21-15-8-4-7-14(11-15)19-18(20(24)25)16(12-26-19)22-17(23)10-9-13-5-2-1-3-6-13;1-3-2;2*1-2/h1-8,11-12H,9-10H2,(H,22,23)(H,24,25);3H,1H2,2H3;2*1-2H3. The number of carbonyl (C=O) groups excluding carboxylic acids is 1. The molecule has 0 aliphatic heterocycles. The number of aromatic carboxylic acids is 1. The van der Waals surface area contributed by atoms with Crippen LogP contribution >= 0.6 is 22.9 Å². The maximum Gasteiger partial charge on any atom is 0.339 e. The molecule has 0 aliphatic carbocycles. The van der Waals surface area contributed by atoms with E-state index in [-0.39, 0.29) is 17.9 Å². The maximum atomic E-state index is 12.2. The number of hydrogen-bond acceptors (Lipinski definition) is 3. The second-order valence-corrected chi connectivity index (χ2v) is 7.43. The predicted molar refractivity (Wildman–Crippen MR) is 144 cm³/mol. The SMILES string of the molecule is C=CC.CC.CC.O=C(CCc1ccccc1)Nc1csc(-c2cccc(Cl)c2)c1C(=O)O. The lowest BCUT2D eigenvalue weighted by Gasteiger charge is -2.07. The number of rotatable bonds is 6. The van der Waals surface area contributed by atoms with Gasteiger partial charge in [0.05, 0.1) is 10.6 Å². The number of carboxylic acids is 1. The quantitative estimate of drug-likeness (QED) is 0.342. The minimum Gasteiger partial charge on any atom is -0.478 e. The van der Waals surface area contributed by atoms with E-state index in [9.17, 15) is 14.7 Å². The molecule has 1 amide bonds. The lowest BCUT2D eigenvalue weighted by Crippen LogP contribution is -2.14. The summed E-state index contributed by atoms with van der Waals surface area (Å²) >= 11 is 7.27. The van der Waals surface area contributed by atoms with Gasteiger partial charge in [0.2, 0.25) is 5.91 Å². The molecule has 2 N–H and O–H groups in total. The first-order valence-electron chi connectivity index (χ1n) is 11.0. The monoisotopic (exact) mass is 487 g/mol. The molecule has 0 saturated carbocycles. The van der Waals surface area contributed by atoms with Crippen LogP contribution in [0.5, 0.6) is 0 Å². The van der Waals surface area contributed by atoms with Crippen molar-refractivity contribution in [2.45, 2.75) is 47.5 Å². The second kappa shape index (κ2) is 17.6. The topological polar surface area (TPSA) is 66.4 Å². The van der Waals surface area contributed by atoms with Crippen molar-refractivity contribution in [3.63, 3.8) is 0 Å². The van der Waals surface area contributed by atoms with E-state index in [1.807, 2.05) is 65.0 Å². The van der Waals surface area contributed by atoms with E-state index in [0.29, 0.717) is 27.6 Å². The number of nitrogens with one attached hydrogen (secondary N) is 1. The van der Waals surface area contributed by atoms with Crippen molar-refractivity contribution in [3.8, 4) is 10.4 Å². The van der Waals surface area contributed by atoms with E-state index in [1.165, 1.54) is 11.3 Å². The van der Waals surface area contributed by atoms with Crippen LogP contribution in [0.1, 0.15) is 57.0 Å². The minimum absolute atomic E-state index is 0.0883. The highest BCUT2D eigenvalue weighted by atomic mass is 35.5. The van der Waals surface area contributed by atoms with Crippen molar-refractivity contribution in [1.82, 2.24) is 0 Å². The fraction of sp³-hybridized carbons (Fsp3) is 0.259. The van der Waals surface area contributed by atoms with Crippen LogP contribution in [0.2, 0.25) is 5.02 Å². The Kier molecular flexibility index (Phi) is 16.1. The first kappa shape index (κ1) is 30.1. The number of thiophene rings is 1. The zero-order chi connectivity index (χ0) is 25.2. The summed E-state index contributed by atoms with van der Waals surface area (Å²) in [5.41, 5.74) is 2.18. The zero-order valence-electron chi connectivity index (χ0n) is 20.0. The smallest absolute Gasteiger partial charge is 0.339 e. The number of carbonyl (C=O) groups is 2. The molecule has 1 aromatic heterocycles. The Bertz CT molecular complexity index is 984. The molecule has 0 atom stereocenters.